The Morgan fingerprint density at radius 3 is 2.64 bits per heavy atom. The summed E-state index contributed by atoms with van der Waals surface area (Å²) in [5.74, 6) is 1.71. The van der Waals surface area contributed by atoms with Crippen molar-refractivity contribution in [3.63, 3.8) is 0 Å². The zero-order valence-electron chi connectivity index (χ0n) is 13.5. The summed E-state index contributed by atoms with van der Waals surface area (Å²) in [6.45, 7) is 0. The van der Waals surface area contributed by atoms with Crippen molar-refractivity contribution in [2.24, 2.45) is 0 Å². The van der Waals surface area contributed by atoms with E-state index in [-0.39, 0.29) is 12.1 Å². The van der Waals surface area contributed by atoms with Gasteiger partial charge in [0, 0.05) is 23.3 Å². The zero-order chi connectivity index (χ0) is 17.4. The summed E-state index contributed by atoms with van der Waals surface area (Å²) < 4.78 is 7.22. The molecule has 1 aromatic carbocycles. The van der Waals surface area contributed by atoms with Crippen LogP contribution < -0.4 is 5.32 Å². The molecule has 126 valence electrons. The van der Waals surface area contributed by atoms with Crippen LogP contribution >= 0.6 is 28.1 Å². The van der Waals surface area contributed by atoms with Crippen molar-refractivity contribution < 1.29 is 4.42 Å². The third-order valence-corrected chi connectivity index (χ3v) is 5.32. The van der Waals surface area contributed by atoms with Crippen molar-refractivity contribution in [3.8, 4) is 11.3 Å². The number of pyridine rings is 1. The van der Waals surface area contributed by atoms with Crippen molar-refractivity contribution in [2.75, 3.05) is 7.05 Å². The Kier molecular flexibility index (Phi) is 4.31. The number of thiocarbonyl (C=S) groups is 1. The Hall–Kier alpha value is -2.18. The lowest BCUT2D eigenvalue weighted by Gasteiger charge is -2.21. The van der Waals surface area contributed by atoms with Crippen molar-refractivity contribution in [3.05, 3.63) is 76.7 Å². The largest absolute Gasteiger partial charge is 0.459 e. The van der Waals surface area contributed by atoms with Gasteiger partial charge < -0.3 is 14.6 Å². The highest BCUT2D eigenvalue weighted by Gasteiger charge is 2.39. The molecule has 1 saturated heterocycles. The van der Waals surface area contributed by atoms with Gasteiger partial charge in [-0.25, -0.2) is 0 Å². The van der Waals surface area contributed by atoms with Crippen LogP contribution in [0.4, 0.5) is 0 Å². The van der Waals surface area contributed by atoms with Crippen LogP contribution in [-0.4, -0.2) is 22.0 Å². The molecule has 1 aliphatic rings. The molecule has 0 radical (unpaired) electrons. The molecule has 4 rings (SSSR count). The second-order valence-electron chi connectivity index (χ2n) is 5.95. The van der Waals surface area contributed by atoms with Crippen LogP contribution in [0.5, 0.6) is 0 Å². The van der Waals surface area contributed by atoms with Crippen LogP contribution in [0.1, 0.15) is 23.5 Å². The lowest BCUT2D eigenvalue weighted by atomic mass is 10.0. The fraction of sp³-hybridized carbons (Fsp3) is 0.158. The minimum atomic E-state index is -0.0392. The summed E-state index contributed by atoms with van der Waals surface area (Å²) in [5.41, 5.74) is 1.99. The van der Waals surface area contributed by atoms with Gasteiger partial charge in [-0.3, -0.25) is 4.98 Å². The molecular weight excluding hydrogens is 398 g/mol. The summed E-state index contributed by atoms with van der Waals surface area (Å²) in [5, 5.41) is 4.05. The molecule has 3 heterocycles. The molecule has 1 N–H and O–H groups in total. The smallest absolute Gasteiger partial charge is 0.170 e. The highest BCUT2D eigenvalue weighted by Crippen LogP contribution is 2.39. The van der Waals surface area contributed by atoms with E-state index in [1.165, 1.54) is 0 Å². The SMILES string of the molecule is CN1C(=S)N[C@@H](c2ccccn2)[C@H]1c1ccc(-c2ccc(Br)cc2)o1. The first-order valence-corrected chi connectivity index (χ1v) is 9.13. The average molecular weight is 414 g/mol. The number of nitrogens with one attached hydrogen (secondary N) is 1. The van der Waals surface area contributed by atoms with Gasteiger partial charge in [0.2, 0.25) is 0 Å². The average Bonchev–Trinajstić information content (AvgIpc) is 3.22. The Labute approximate surface area is 160 Å². The van der Waals surface area contributed by atoms with E-state index >= 15 is 0 Å². The summed E-state index contributed by atoms with van der Waals surface area (Å²) in [4.78, 5) is 6.51. The molecule has 25 heavy (non-hydrogen) atoms. The minimum absolute atomic E-state index is 0.0356. The quantitative estimate of drug-likeness (QED) is 0.629. The predicted octanol–water partition coefficient (Wildman–Crippen LogP) is 4.71. The van der Waals surface area contributed by atoms with Crippen molar-refractivity contribution in [2.45, 2.75) is 12.1 Å². The maximum absolute atomic E-state index is 6.18. The highest BCUT2D eigenvalue weighted by molar-refractivity contribution is 9.10. The molecule has 4 nitrogen and oxygen atoms in total. The first-order valence-electron chi connectivity index (χ1n) is 7.93. The van der Waals surface area contributed by atoms with E-state index < -0.39 is 0 Å². The third-order valence-electron chi connectivity index (χ3n) is 4.39. The summed E-state index contributed by atoms with van der Waals surface area (Å²) in [7, 11) is 1.98. The molecule has 0 aliphatic carbocycles. The molecule has 1 aliphatic heterocycles. The topological polar surface area (TPSA) is 41.3 Å². The Morgan fingerprint density at radius 1 is 1.12 bits per heavy atom. The van der Waals surface area contributed by atoms with E-state index in [0.29, 0.717) is 5.11 Å². The van der Waals surface area contributed by atoms with E-state index in [1.807, 2.05) is 66.5 Å². The molecule has 1 fully saturated rings. The van der Waals surface area contributed by atoms with Crippen LogP contribution in [0.2, 0.25) is 0 Å². The molecule has 2 aromatic heterocycles. The zero-order valence-corrected chi connectivity index (χ0v) is 15.9. The Bertz CT molecular complexity index is 895. The van der Waals surface area contributed by atoms with E-state index in [9.17, 15) is 0 Å². The minimum Gasteiger partial charge on any atom is -0.459 e. The fourth-order valence-electron chi connectivity index (χ4n) is 3.10. The number of halogens is 1. The van der Waals surface area contributed by atoms with Gasteiger partial charge >= 0.3 is 0 Å². The monoisotopic (exact) mass is 413 g/mol. The summed E-state index contributed by atoms with van der Waals surface area (Å²) in [6, 6.07) is 17.9. The van der Waals surface area contributed by atoms with Gasteiger partial charge in [0.25, 0.3) is 0 Å². The molecule has 0 amide bonds. The molecule has 3 aromatic rings. The maximum atomic E-state index is 6.18. The van der Waals surface area contributed by atoms with Gasteiger partial charge in [0.15, 0.2) is 5.11 Å². The van der Waals surface area contributed by atoms with Crippen LogP contribution in [0.15, 0.2) is 69.7 Å². The molecule has 0 spiro atoms. The standard InChI is InChI=1S/C19H16BrN3OS/c1-23-18(17(22-19(23)25)14-4-2-3-11-21-14)16-10-9-15(24-16)12-5-7-13(20)8-6-12/h2-11,17-18H,1H3,(H,22,25)/t17-,18+/m0/s1. The number of hydrogen-bond donors (Lipinski definition) is 1. The van der Waals surface area contributed by atoms with Gasteiger partial charge in [-0.05, 0) is 48.6 Å². The molecule has 0 bridgehead atoms. The van der Waals surface area contributed by atoms with Crippen molar-refractivity contribution in [1.82, 2.24) is 15.2 Å². The number of hydrogen-bond acceptors (Lipinski definition) is 3. The van der Waals surface area contributed by atoms with E-state index in [1.54, 1.807) is 6.20 Å². The molecule has 6 heteroatoms. The molecule has 2 atom stereocenters. The van der Waals surface area contributed by atoms with Crippen molar-refractivity contribution in [1.29, 1.82) is 0 Å². The number of aromatic nitrogens is 1. The normalized spacial score (nSPS) is 19.9. The summed E-state index contributed by atoms with van der Waals surface area (Å²) >= 11 is 8.91. The van der Waals surface area contributed by atoms with E-state index in [4.69, 9.17) is 16.6 Å². The second kappa shape index (κ2) is 6.61. The number of nitrogens with zero attached hydrogens (tertiary/aromatic N) is 2. The number of likely N-dealkylation sites (N-methyl/N-ethyl adjacent to an activating group) is 1. The van der Waals surface area contributed by atoms with E-state index in [2.05, 4.69) is 26.2 Å². The molecule has 0 saturated carbocycles. The lowest BCUT2D eigenvalue weighted by Crippen LogP contribution is -2.24. The van der Waals surface area contributed by atoms with Crippen LogP contribution in [0.3, 0.4) is 0 Å². The third kappa shape index (κ3) is 3.07. The fourth-order valence-corrected chi connectivity index (χ4v) is 3.60. The van der Waals surface area contributed by atoms with Gasteiger partial charge in [0.05, 0.1) is 11.7 Å². The predicted molar refractivity (Wildman–Crippen MR) is 105 cm³/mol. The van der Waals surface area contributed by atoms with E-state index in [0.717, 1.165) is 27.3 Å². The second-order valence-corrected chi connectivity index (χ2v) is 7.25. The highest BCUT2D eigenvalue weighted by atomic mass is 79.9. The summed E-state index contributed by atoms with van der Waals surface area (Å²) in [6.07, 6.45) is 1.80. The van der Waals surface area contributed by atoms with Crippen LogP contribution in [-0.2, 0) is 0 Å². The molecular formula is C19H16BrN3OS. The van der Waals surface area contributed by atoms with Gasteiger partial charge in [0.1, 0.15) is 17.6 Å². The first kappa shape index (κ1) is 16.3. The Balaban J connectivity index is 1.69. The maximum Gasteiger partial charge on any atom is 0.170 e. The first-order chi connectivity index (χ1) is 12.1. The number of rotatable bonds is 3. The lowest BCUT2D eigenvalue weighted by molar-refractivity contribution is 0.310. The van der Waals surface area contributed by atoms with Crippen LogP contribution in [0.25, 0.3) is 11.3 Å². The van der Waals surface area contributed by atoms with Crippen molar-refractivity contribution >= 4 is 33.3 Å². The van der Waals surface area contributed by atoms with Gasteiger partial charge in [-0.15, -0.1) is 0 Å². The van der Waals surface area contributed by atoms with Crippen LogP contribution in [0, 0.1) is 0 Å². The number of benzene rings is 1. The Morgan fingerprint density at radius 2 is 1.92 bits per heavy atom. The molecule has 0 unspecified atom stereocenters. The van der Waals surface area contributed by atoms with Gasteiger partial charge in [-0.1, -0.05) is 34.1 Å². The van der Waals surface area contributed by atoms with Gasteiger partial charge in [-0.2, -0.15) is 0 Å². The number of furan rings is 1.